The molecule has 0 radical (unpaired) electrons. The third-order valence-electron chi connectivity index (χ3n) is 4.52. The van der Waals surface area contributed by atoms with E-state index in [1.54, 1.807) is 18.2 Å². The number of hydrogen-bond donors (Lipinski definition) is 2. The molecular formula is C23H23BrN2O3. The molecule has 0 aromatic heterocycles. The lowest BCUT2D eigenvalue weighted by molar-refractivity contribution is -0.123. The van der Waals surface area contributed by atoms with Crippen molar-refractivity contribution in [3.8, 4) is 5.75 Å². The lowest BCUT2D eigenvalue weighted by Gasteiger charge is -2.19. The van der Waals surface area contributed by atoms with Gasteiger partial charge < -0.3 is 4.74 Å². The summed E-state index contributed by atoms with van der Waals surface area (Å²) in [6.07, 6.45) is 0. The van der Waals surface area contributed by atoms with Gasteiger partial charge in [0.15, 0.2) is 6.61 Å². The van der Waals surface area contributed by atoms with Crippen molar-refractivity contribution in [3.63, 3.8) is 0 Å². The standard InChI is InChI=1S/C23H23BrN2O3/c1-23(2,3)17-11-8-16(9-12-17)22(28)26-25-20(27)14-29-19-13-10-15-6-4-5-7-18(15)21(19)24/h4-13H,14H2,1-3H3,(H,25,27)(H,26,28). The molecule has 0 aliphatic carbocycles. The maximum atomic E-state index is 12.2. The Kier molecular flexibility index (Phi) is 6.23. The number of hydrazine groups is 1. The predicted molar refractivity (Wildman–Crippen MR) is 118 cm³/mol. The number of amides is 2. The number of rotatable bonds is 4. The first-order valence-electron chi connectivity index (χ1n) is 9.25. The smallest absolute Gasteiger partial charge is 0.276 e. The van der Waals surface area contributed by atoms with E-state index in [0.717, 1.165) is 20.8 Å². The first kappa shape index (κ1) is 20.9. The Hall–Kier alpha value is -2.86. The van der Waals surface area contributed by atoms with Crippen LogP contribution in [0.1, 0.15) is 36.7 Å². The molecule has 0 unspecified atom stereocenters. The summed E-state index contributed by atoms with van der Waals surface area (Å²) in [7, 11) is 0. The molecule has 0 saturated carbocycles. The van der Waals surface area contributed by atoms with Gasteiger partial charge in [0, 0.05) is 5.56 Å². The van der Waals surface area contributed by atoms with Crippen LogP contribution in [0.5, 0.6) is 5.75 Å². The highest BCUT2D eigenvalue weighted by Gasteiger charge is 2.15. The molecule has 0 aliphatic heterocycles. The Morgan fingerprint density at radius 1 is 0.931 bits per heavy atom. The average molecular weight is 455 g/mol. The Morgan fingerprint density at radius 3 is 2.31 bits per heavy atom. The molecule has 0 spiro atoms. The normalized spacial score (nSPS) is 11.2. The summed E-state index contributed by atoms with van der Waals surface area (Å²) in [6, 6.07) is 18.9. The average Bonchev–Trinajstić information content (AvgIpc) is 2.71. The lowest BCUT2D eigenvalue weighted by atomic mass is 9.87. The zero-order valence-electron chi connectivity index (χ0n) is 16.6. The van der Waals surface area contributed by atoms with Crippen LogP contribution in [0.3, 0.4) is 0 Å². The van der Waals surface area contributed by atoms with Crippen LogP contribution < -0.4 is 15.6 Å². The van der Waals surface area contributed by atoms with Gasteiger partial charge in [0.05, 0.1) is 4.47 Å². The molecule has 2 amide bonds. The fourth-order valence-corrected chi connectivity index (χ4v) is 3.43. The van der Waals surface area contributed by atoms with E-state index in [1.807, 2.05) is 42.5 Å². The van der Waals surface area contributed by atoms with Gasteiger partial charge in [0.1, 0.15) is 5.75 Å². The van der Waals surface area contributed by atoms with E-state index in [4.69, 9.17) is 4.74 Å². The van der Waals surface area contributed by atoms with Crippen molar-refractivity contribution in [2.75, 3.05) is 6.61 Å². The van der Waals surface area contributed by atoms with Crippen LogP contribution in [0.25, 0.3) is 10.8 Å². The van der Waals surface area contributed by atoms with Gasteiger partial charge in [-0.3, -0.25) is 20.4 Å². The van der Waals surface area contributed by atoms with E-state index >= 15 is 0 Å². The maximum absolute atomic E-state index is 12.2. The summed E-state index contributed by atoms with van der Waals surface area (Å²) >= 11 is 3.52. The van der Waals surface area contributed by atoms with Gasteiger partial charge in [0.25, 0.3) is 11.8 Å². The highest BCUT2D eigenvalue weighted by atomic mass is 79.9. The molecule has 0 saturated heterocycles. The molecule has 0 fully saturated rings. The number of fused-ring (bicyclic) bond motifs is 1. The summed E-state index contributed by atoms with van der Waals surface area (Å²) in [5, 5.41) is 2.07. The minimum absolute atomic E-state index is 0.0115. The van der Waals surface area contributed by atoms with Crippen molar-refractivity contribution in [3.05, 3.63) is 76.3 Å². The molecule has 2 N–H and O–H groups in total. The lowest BCUT2D eigenvalue weighted by Crippen LogP contribution is -2.43. The van der Waals surface area contributed by atoms with Crippen molar-refractivity contribution >= 4 is 38.5 Å². The molecule has 0 aliphatic rings. The van der Waals surface area contributed by atoms with Crippen LogP contribution in [0.2, 0.25) is 0 Å². The van der Waals surface area contributed by atoms with Gasteiger partial charge in [-0.15, -0.1) is 0 Å². The van der Waals surface area contributed by atoms with Crippen molar-refractivity contribution in [2.45, 2.75) is 26.2 Å². The van der Waals surface area contributed by atoms with Crippen molar-refractivity contribution < 1.29 is 14.3 Å². The first-order valence-corrected chi connectivity index (χ1v) is 10.0. The fraction of sp³-hybridized carbons (Fsp3) is 0.217. The van der Waals surface area contributed by atoms with Crippen molar-refractivity contribution in [1.29, 1.82) is 0 Å². The van der Waals surface area contributed by atoms with Gasteiger partial charge in [-0.05, 0) is 55.9 Å². The molecule has 3 rings (SSSR count). The van der Waals surface area contributed by atoms with Crippen LogP contribution in [0.15, 0.2) is 65.1 Å². The van der Waals surface area contributed by atoms with Gasteiger partial charge >= 0.3 is 0 Å². The highest BCUT2D eigenvalue weighted by Crippen LogP contribution is 2.32. The summed E-state index contributed by atoms with van der Waals surface area (Å²) in [5.74, 6) is -0.279. The molecule has 150 valence electrons. The SMILES string of the molecule is CC(C)(C)c1ccc(C(=O)NNC(=O)COc2ccc3ccccc3c2Br)cc1. The topological polar surface area (TPSA) is 67.4 Å². The molecule has 0 atom stereocenters. The third kappa shape index (κ3) is 5.15. The highest BCUT2D eigenvalue weighted by molar-refractivity contribution is 9.10. The molecule has 29 heavy (non-hydrogen) atoms. The van der Waals surface area contributed by atoms with Crippen LogP contribution in [-0.2, 0) is 10.2 Å². The molecule has 5 nitrogen and oxygen atoms in total. The van der Waals surface area contributed by atoms with Crippen molar-refractivity contribution in [1.82, 2.24) is 10.9 Å². The quantitative estimate of drug-likeness (QED) is 0.559. The Morgan fingerprint density at radius 2 is 1.62 bits per heavy atom. The second-order valence-corrected chi connectivity index (χ2v) is 8.51. The molecular weight excluding hydrogens is 432 g/mol. The number of benzene rings is 3. The van der Waals surface area contributed by atoms with E-state index in [1.165, 1.54) is 0 Å². The number of nitrogens with one attached hydrogen (secondary N) is 2. The van der Waals surface area contributed by atoms with Crippen LogP contribution in [0, 0.1) is 0 Å². The first-order chi connectivity index (χ1) is 13.8. The second kappa shape index (κ2) is 8.66. The third-order valence-corrected chi connectivity index (χ3v) is 5.33. The van der Waals surface area contributed by atoms with E-state index in [9.17, 15) is 9.59 Å². The summed E-state index contributed by atoms with van der Waals surface area (Å²) in [5.41, 5.74) is 6.39. The fourth-order valence-electron chi connectivity index (χ4n) is 2.82. The molecule has 3 aromatic carbocycles. The number of halogens is 1. The number of carbonyl (C=O) groups excluding carboxylic acids is 2. The predicted octanol–water partition coefficient (Wildman–Crippen LogP) is 4.74. The summed E-state index contributed by atoms with van der Waals surface area (Å²) < 4.78 is 6.37. The largest absolute Gasteiger partial charge is 0.483 e. The summed E-state index contributed by atoms with van der Waals surface area (Å²) in [4.78, 5) is 24.3. The van der Waals surface area contributed by atoms with E-state index in [0.29, 0.717) is 11.3 Å². The van der Waals surface area contributed by atoms with Crippen LogP contribution in [0.4, 0.5) is 0 Å². The van der Waals surface area contributed by atoms with E-state index < -0.39 is 5.91 Å². The Bertz CT molecular complexity index is 1040. The van der Waals surface area contributed by atoms with E-state index in [-0.39, 0.29) is 17.9 Å². The molecule has 0 heterocycles. The molecule has 0 bridgehead atoms. The van der Waals surface area contributed by atoms with Crippen LogP contribution in [-0.4, -0.2) is 18.4 Å². The van der Waals surface area contributed by atoms with Gasteiger partial charge in [-0.1, -0.05) is 63.2 Å². The zero-order chi connectivity index (χ0) is 21.0. The minimum Gasteiger partial charge on any atom is -0.483 e. The van der Waals surface area contributed by atoms with E-state index in [2.05, 4.69) is 47.6 Å². The van der Waals surface area contributed by atoms with Gasteiger partial charge in [0.2, 0.25) is 0 Å². The van der Waals surface area contributed by atoms with Gasteiger partial charge in [-0.2, -0.15) is 0 Å². The Labute approximate surface area is 178 Å². The minimum atomic E-state index is -0.454. The zero-order valence-corrected chi connectivity index (χ0v) is 18.2. The maximum Gasteiger partial charge on any atom is 0.276 e. The monoisotopic (exact) mass is 454 g/mol. The Balaban J connectivity index is 1.54. The molecule has 3 aromatic rings. The number of ether oxygens (including phenoxy) is 1. The summed E-state index contributed by atoms with van der Waals surface area (Å²) in [6.45, 7) is 6.10. The second-order valence-electron chi connectivity index (χ2n) is 7.72. The van der Waals surface area contributed by atoms with Crippen molar-refractivity contribution in [2.24, 2.45) is 0 Å². The van der Waals surface area contributed by atoms with Crippen LogP contribution >= 0.6 is 15.9 Å². The molecule has 6 heteroatoms. The van der Waals surface area contributed by atoms with Gasteiger partial charge in [-0.25, -0.2) is 0 Å². The number of hydrogen-bond acceptors (Lipinski definition) is 3. The number of carbonyl (C=O) groups is 2.